The van der Waals surface area contributed by atoms with Gasteiger partial charge in [-0.2, -0.15) is 0 Å². The second-order valence-electron chi connectivity index (χ2n) is 18.2. The summed E-state index contributed by atoms with van der Waals surface area (Å²) in [6.45, 7) is 9.53. The van der Waals surface area contributed by atoms with Gasteiger partial charge in [-0.3, -0.25) is 38.5 Å². The molecule has 0 radical (unpaired) electrons. The van der Waals surface area contributed by atoms with Crippen LogP contribution in [0.5, 0.6) is 5.75 Å². The molecule has 0 spiro atoms. The highest BCUT2D eigenvalue weighted by Crippen LogP contribution is 2.30. The van der Waals surface area contributed by atoms with Crippen molar-refractivity contribution in [3.05, 3.63) is 29.8 Å². The summed E-state index contributed by atoms with van der Waals surface area (Å²) in [6, 6.07) is 3.82. The molecule has 2 fully saturated rings. The van der Waals surface area contributed by atoms with E-state index in [-0.39, 0.29) is 80.1 Å². The molecule has 0 aromatic heterocycles. The molecule has 2 saturated heterocycles. The van der Waals surface area contributed by atoms with Gasteiger partial charge < -0.3 is 50.4 Å². The molecule has 382 valence electrons. The maximum absolute atomic E-state index is 14.2. The Morgan fingerprint density at radius 1 is 0.941 bits per heavy atom. The molecule has 2 aliphatic heterocycles. The third kappa shape index (κ3) is 15.4. The number of imide groups is 1. The van der Waals surface area contributed by atoms with Crippen LogP contribution in [0.15, 0.2) is 24.3 Å². The van der Waals surface area contributed by atoms with Crippen molar-refractivity contribution in [2.75, 3.05) is 60.9 Å². The average Bonchev–Trinajstić information content (AvgIpc) is 3.90. The van der Waals surface area contributed by atoms with E-state index in [1.54, 1.807) is 50.2 Å². The fraction of sp³-hybridized carbons (Fsp3) is 0.708. The number of hydrogen-bond acceptors (Lipinski definition) is 13. The Labute approximate surface area is 406 Å². The molecule has 1 unspecified atom stereocenters. The Morgan fingerprint density at radius 3 is 2.24 bits per heavy atom. The number of likely N-dealkylation sites (tertiary alicyclic amines) is 2. The van der Waals surface area contributed by atoms with Crippen LogP contribution >= 0.6 is 11.8 Å². The molecule has 19 nitrogen and oxygen atoms in total. The lowest BCUT2D eigenvalue weighted by molar-refractivity contribution is -0.147. The Morgan fingerprint density at radius 2 is 1.63 bits per heavy atom. The molecule has 1 aromatic carbocycles. The average molecular weight is 976 g/mol. The number of likely N-dealkylation sites (N-methyl/N-ethyl adjacent to an activating group) is 2. The van der Waals surface area contributed by atoms with Crippen LogP contribution in [0.2, 0.25) is 0 Å². The highest BCUT2D eigenvalue weighted by atomic mass is 32.2. The van der Waals surface area contributed by atoms with Gasteiger partial charge in [-0.15, -0.1) is 11.8 Å². The van der Waals surface area contributed by atoms with Crippen LogP contribution in [0.25, 0.3) is 0 Å². The zero-order valence-corrected chi connectivity index (χ0v) is 42.5. The summed E-state index contributed by atoms with van der Waals surface area (Å²) in [4.78, 5) is 112. The molecular formula is C48H77N7O12S. The predicted octanol–water partition coefficient (Wildman–Crippen LogP) is 2.66. The van der Waals surface area contributed by atoms with Crippen LogP contribution in [0.1, 0.15) is 98.0 Å². The van der Waals surface area contributed by atoms with Gasteiger partial charge >= 0.3 is 5.97 Å². The van der Waals surface area contributed by atoms with Crippen LogP contribution in [-0.4, -0.2) is 175 Å². The highest BCUT2D eigenvalue weighted by molar-refractivity contribution is 8.00. The number of carbonyl (C=O) groups is 8. The van der Waals surface area contributed by atoms with Crippen molar-refractivity contribution in [3.8, 4) is 5.75 Å². The van der Waals surface area contributed by atoms with Crippen LogP contribution in [0.4, 0.5) is 0 Å². The number of aliphatic carboxylic acids is 1. The van der Waals surface area contributed by atoms with Crippen molar-refractivity contribution < 1.29 is 57.7 Å². The first-order valence-corrected chi connectivity index (χ1v) is 24.8. The number of nitrogens with one attached hydrogen (secondary N) is 2. The van der Waals surface area contributed by atoms with Gasteiger partial charge in [-0.05, 0) is 49.1 Å². The second-order valence-corrected chi connectivity index (χ2v) is 19.4. The maximum Gasteiger partial charge on any atom is 0.326 e. The lowest BCUT2D eigenvalue weighted by Crippen LogP contribution is -2.56. The van der Waals surface area contributed by atoms with E-state index >= 15 is 0 Å². The van der Waals surface area contributed by atoms with Gasteiger partial charge in [0, 0.05) is 66.5 Å². The van der Waals surface area contributed by atoms with Gasteiger partial charge in [0.15, 0.2) is 0 Å². The molecule has 20 heteroatoms. The number of para-hydroxylation sites is 1. The molecule has 7 amide bonds. The van der Waals surface area contributed by atoms with Gasteiger partial charge in [0.25, 0.3) is 0 Å². The molecule has 2 heterocycles. The Bertz CT molecular complexity index is 1890. The van der Waals surface area contributed by atoms with E-state index in [2.05, 4.69) is 10.6 Å². The monoisotopic (exact) mass is 976 g/mol. The number of carbonyl (C=O) groups excluding carboxylic acids is 7. The first kappa shape index (κ1) is 57.5. The van der Waals surface area contributed by atoms with E-state index in [1.165, 1.54) is 47.8 Å². The van der Waals surface area contributed by atoms with E-state index in [9.17, 15) is 43.5 Å². The molecule has 68 heavy (non-hydrogen) atoms. The Kier molecular flexibility index (Phi) is 23.7. The first-order valence-electron chi connectivity index (χ1n) is 23.7. The number of thioether (sulfide) groups is 1. The first-order chi connectivity index (χ1) is 32.3. The van der Waals surface area contributed by atoms with E-state index < -0.39 is 71.2 Å². The van der Waals surface area contributed by atoms with Crippen molar-refractivity contribution in [2.24, 2.45) is 23.5 Å². The summed E-state index contributed by atoms with van der Waals surface area (Å²) >= 11 is 1.25. The number of rotatable bonds is 29. The lowest BCUT2D eigenvalue weighted by Gasteiger charge is -2.39. The third-order valence-electron chi connectivity index (χ3n) is 13.4. The predicted molar refractivity (Wildman–Crippen MR) is 257 cm³/mol. The molecule has 2 aliphatic rings. The normalized spacial score (nSPS) is 19.2. The number of methoxy groups -OCH3 is 3. The minimum Gasteiger partial charge on any atom is -0.496 e. The molecular weight excluding hydrogens is 899 g/mol. The summed E-state index contributed by atoms with van der Waals surface area (Å²) in [5.41, 5.74) is 6.16. The zero-order chi connectivity index (χ0) is 50.8. The SMILES string of the molecule is CC[C@H](C)[C@@H]([C@@H](CC(=O)N1CCC[C@H]1[C@H](OC)[C@@H](C)C(=O)N[C@@H](Cc1ccccc1OC)C(=O)O)OC)N(C)C(=O)CNC(=O)[C@H](C(C)C)N(C)C(=O)CCCCCN1C(=O)CC(SCN)C1=O. The smallest absolute Gasteiger partial charge is 0.326 e. The lowest BCUT2D eigenvalue weighted by atomic mass is 9.90. The van der Waals surface area contributed by atoms with Crippen molar-refractivity contribution >= 4 is 59.1 Å². The van der Waals surface area contributed by atoms with Gasteiger partial charge in [-0.25, -0.2) is 4.79 Å². The summed E-state index contributed by atoms with van der Waals surface area (Å²) in [5, 5.41) is 15.0. The summed E-state index contributed by atoms with van der Waals surface area (Å²) in [7, 11) is 7.61. The van der Waals surface area contributed by atoms with E-state index in [0.29, 0.717) is 56.4 Å². The maximum atomic E-state index is 14.2. The number of carboxylic acids is 1. The number of hydrogen-bond donors (Lipinski definition) is 4. The second kappa shape index (κ2) is 28.0. The summed E-state index contributed by atoms with van der Waals surface area (Å²) in [5.74, 6) is -4.07. The number of nitrogens with zero attached hydrogens (tertiary/aromatic N) is 4. The standard InChI is InChI=1S/C48H77N7O12S/c1-11-30(4)43(53(7)41(59)27-50-46(61)42(29(2)3)52(6)38(56)21-13-12-16-22-55-40(58)26-37(47(55)62)68-28-49)36(66-9)25-39(57)54-23-17-19-34(54)44(67-10)31(5)45(60)51-33(48(63)64)24-32-18-14-15-20-35(32)65-8/h14-15,18,20,29-31,33-34,36-37,42-44H,11-13,16-17,19,21-28,49H2,1-10H3,(H,50,61)(H,51,60)(H,63,64)/t30-,31+,33-,34-,36+,37?,42-,43-,44+/m0/s1. The zero-order valence-electron chi connectivity index (χ0n) is 41.7. The summed E-state index contributed by atoms with van der Waals surface area (Å²) < 4.78 is 17.2. The molecule has 0 bridgehead atoms. The molecule has 9 atom stereocenters. The summed E-state index contributed by atoms with van der Waals surface area (Å²) in [6.07, 6.45) is 2.21. The van der Waals surface area contributed by atoms with Crippen LogP contribution in [-0.2, 0) is 54.3 Å². The molecule has 0 saturated carbocycles. The molecule has 0 aliphatic carbocycles. The number of nitrogens with two attached hydrogens (primary N) is 1. The van der Waals surface area contributed by atoms with Crippen LogP contribution < -0.4 is 21.1 Å². The van der Waals surface area contributed by atoms with Gasteiger partial charge in [-0.1, -0.05) is 65.7 Å². The van der Waals surface area contributed by atoms with E-state index in [1.807, 2.05) is 27.7 Å². The number of carboxylic acid groups (broad SMARTS) is 1. The minimum atomic E-state index is -1.24. The Balaban J connectivity index is 1.61. The number of amides is 7. The largest absolute Gasteiger partial charge is 0.496 e. The van der Waals surface area contributed by atoms with E-state index in [0.717, 1.165) is 0 Å². The van der Waals surface area contributed by atoms with E-state index in [4.69, 9.17) is 19.9 Å². The number of benzene rings is 1. The quantitative estimate of drug-likeness (QED) is 0.0513. The highest BCUT2D eigenvalue weighted by Gasteiger charge is 2.43. The minimum absolute atomic E-state index is 0.00473. The van der Waals surface area contributed by atoms with Crippen molar-refractivity contribution in [2.45, 2.75) is 140 Å². The number of unbranched alkanes of at least 4 members (excludes halogenated alkanes) is 2. The fourth-order valence-electron chi connectivity index (χ4n) is 9.43. The van der Waals surface area contributed by atoms with Crippen LogP contribution in [0.3, 0.4) is 0 Å². The van der Waals surface area contributed by atoms with Gasteiger partial charge in [0.1, 0.15) is 17.8 Å². The van der Waals surface area contributed by atoms with Gasteiger partial charge in [0.05, 0.1) is 55.5 Å². The molecule has 3 rings (SSSR count). The van der Waals surface area contributed by atoms with Crippen molar-refractivity contribution in [1.82, 2.24) is 30.2 Å². The van der Waals surface area contributed by atoms with Crippen molar-refractivity contribution in [3.63, 3.8) is 0 Å². The fourth-order valence-corrected chi connectivity index (χ4v) is 10.2. The Hall–Kier alpha value is -4.79. The van der Waals surface area contributed by atoms with Crippen LogP contribution in [0, 0.1) is 17.8 Å². The topological polar surface area (TPSA) is 248 Å². The molecule has 5 N–H and O–H groups in total. The third-order valence-corrected chi connectivity index (χ3v) is 14.4. The number of ether oxygens (including phenoxy) is 3. The van der Waals surface area contributed by atoms with Gasteiger partial charge in [0.2, 0.25) is 41.4 Å². The molecule has 1 aromatic rings. The van der Waals surface area contributed by atoms with Crippen molar-refractivity contribution in [1.29, 1.82) is 0 Å².